The number of aryl methyl sites for hydroxylation is 1. The van der Waals surface area contributed by atoms with Crippen LogP contribution in [0.4, 0.5) is 10.8 Å². The highest BCUT2D eigenvalue weighted by molar-refractivity contribution is 8.01. The Bertz CT molecular complexity index is 1360. The minimum Gasteiger partial charge on any atom is -0.476 e. The minimum absolute atomic E-state index is 0.153. The number of amides is 1. The van der Waals surface area contributed by atoms with Gasteiger partial charge in [-0.3, -0.25) is 14.4 Å². The van der Waals surface area contributed by atoms with Crippen LogP contribution >= 0.6 is 23.1 Å². The van der Waals surface area contributed by atoms with Crippen molar-refractivity contribution in [3.05, 3.63) is 53.6 Å². The molecule has 8 nitrogen and oxygen atoms in total. The van der Waals surface area contributed by atoms with Crippen molar-refractivity contribution in [1.82, 2.24) is 10.2 Å². The molecule has 0 radical (unpaired) electrons. The summed E-state index contributed by atoms with van der Waals surface area (Å²) in [6.45, 7) is 12.0. The van der Waals surface area contributed by atoms with E-state index < -0.39 is 22.0 Å². The van der Waals surface area contributed by atoms with Crippen LogP contribution in [0.15, 0.2) is 51.7 Å². The number of nitrogens with one attached hydrogen (secondary N) is 1. The molecule has 11 heteroatoms. The summed E-state index contributed by atoms with van der Waals surface area (Å²) < 4.78 is 35.6. The van der Waals surface area contributed by atoms with Crippen LogP contribution in [0.5, 0.6) is 5.75 Å². The van der Waals surface area contributed by atoms with E-state index in [0.717, 1.165) is 15.5 Å². The maximum atomic E-state index is 13.8. The Morgan fingerprint density at radius 3 is 2.50 bits per heavy atom. The van der Waals surface area contributed by atoms with Crippen molar-refractivity contribution in [3.8, 4) is 5.75 Å². The third-order valence-electron chi connectivity index (χ3n) is 5.57. The number of fused-ring (bicyclic) bond motifs is 1. The summed E-state index contributed by atoms with van der Waals surface area (Å²) in [5.74, 6) is -0.152. The van der Waals surface area contributed by atoms with Gasteiger partial charge in [-0.2, -0.15) is 0 Å². The average Bonchev–Trinajstić information content (AvgIpc) is 3.23. The standard InChI is InChI=1S/C25H30N4O4S3/c1-15(2)34-24-28-27-23(35-24)26-22(30)21-14-29(36(31,32)18-10-7-16(3)8-11-18)19-13-17(25(4,5)6)9-12-20(19)33-21/h7-13,15,21H,14H2,1-6H3,(H,26,27,30). The second-order valence-corrected chi connectivity index (χ2v) is 14.6. The number of carbonyl (C=O) groups is 1. The van der Waals surface area contributed by atoms with Crippen molar-refractivity contribution in [2.45, 2.75) is 67.5 Å². The molecule has 0 saturated carbocycles. The molecular formula is C25H30N4O4S3. The van der Waals surface area contributed by atoms with Crippen molar-refractivity contribution in [3.63, 3.8) is 0 Å². The molecule has 4 rings (SSSR count). The maximum absolute atomic E-state index is 13.8. The van der Waals surface area contributed by atoms with Crippen molar-refractivity contribution < 1.29 is 17.9 Å². The largest absolute Gasteiger partial charge is 0.476 e. The SMILES string of the molecule is Cc1ccc(S(=O)(=O)N2CC(C(=O)Nc3nnc(SC(C)C)s3)Oc3ccc(C(C)(C)C)cc32)cc1. The number of carbonyl (C=O) groups excluding carboxylic acids is 1. The molecule has 0 spiro atoms. The molecule has 2 heterocycles. The van der Waals surface area contributed by atoms with E-state index in [1.807, 2.05) is 32.9 Å². The number of aromatic nitrogens is 2. The zero-order chi connectivity index (χ0) is 26.3. The van der Waals surface area contributed by atoms with Gasteiger partial charge in [0.1, 0.15) is 5.75 Å². The molecule has 1 amide bonds. The molecule has 192 valence electrons. The van der Waals surface area contributed by atoms with Gasteiger partial charge in [0.05, 0.1) is 17.1 Å². The monoisotopic (exact) mass is 546 g/mol. The highest BCUT2D eigenvalue weighted by Crippen LogP contribution is 2.40. The Labute approximate surface area is 220 Å². The lowest BCUT2D eigenvalue weighted by Gasteiger charge is -2.35. The second kappa shape index (κ2) is 10.0. The minimum atomic E-state index is -3.96. The Balaban J connectivity index is 1.68. The summed E-state index contributed by atoms with van der Waals surface area (Å²) in [6, 6.07) is 12.1. The normalized spacial score (nSPS) is 16.0. The Morgan fingerprint density at radius 2 is 1.86 bits per heavy atom. The van der Waals surface area contributed by atoms with E-state index in [0.29, 0.717) is 21.8 Å². The predicted molar refractivity (Wildman–Crippen MR) is 145 cm³/mol. The first-order valence-electron chi connectivity index (χ1n) is 11.6. The highest BCUT2D eigenvalue weighted by Gasteiger charge is 2.38. The fourth-order valence-electron chi connectivity index (χ4n) is 3.61. The third kappa shape index (κ3) is 5.68. The number of anilines is 2. The number of hydrogen-bond donors (Lipinski definition) is 1. The van der Waals surface area contributed by atoms with Crippen molar-refractivity contribution in [1.29, 1.82) is 0 Å². The molecule has 1 aliphatic heterocycles. The molecule has 0 saturated heterocycles. The van der Waals surface area contributed by atoms with Crippen molar-refractivity contribution in [2.24, 2.45) is 0 Å². The molecule has 1 aromatic heterocycles. The van der Waals surface area contributed by atoms with Crippen molar-refractivity contribution >= 4 is 49.8 Å². The van der Waals surface area contributed by atoms with Crippen LogP contribution in [-0.2, 0) is 20.2 Å². The molecular weight excluding hydrogens is 517 g/mol. The fourth-order valence-corrected chi connectivity index (χ4v) is 7.06. The number of benzene rings is 2. The van der Waals surface area contributed by atoms with E-state index in [9.17, 15) is 13.2 Å². The number of sulfonamides is 1. The van der Waals surface area contributed by atoms with Crippen LogP contribution < -0.4 is 14.4 Å². The van der Waals surface area contributed by atoms with E-state index >= 15 is 0 Å². The van der Waals surface area contributed by atoms with Gasteiger partial charge in [0.2, 0.25) is 5.13 Å². The summed E-state index contributed by atoms with van der Waals surface area (Å²) in [4.78, 5) is 13.3. The van der Waals surface area contributed by atoms with E-state index in [4.69, 9.17) is 4.74 Å². The number of thioether (sulfide) groups is 1. The first-order valence-corrected chi connectivity index (χ1v) is 14.7. The quantitative estimate of drug-likeness (QED) is 0.333. The van der Waals surface area contributed by atoms with Crippen molar-refractivity contribution in [2.75, 3.05) is 16.2 Å². The summed E-state index contributed by atoms with van der Waals surface area (Å²) in [7, 11) is -3.96. The highest BCUT2D eigenvalue weighted by atomic mass is 32.2. The number of nitrogens with zero attached hydrogens (tertiary/aromatic N) is 3. The zero-order valence-electron chi connectivity index (χ0n) is 21.1. The molecule has 1 unspecified atom stereocenters. The van der Waals surface area contributed by atoms with Crippen LogP contribution in [0.25, 0.3) is 0 Å². The van der Waals surface area contributed by atoms with Crippen LogP contribution in [0.1, 0.15) is 45.7 Å². The van der Waals surface area contributed by atoms with Gasteiger partial charge < -0.3 is 4.74 Å². The molecule has 2 aromatic carbocycles. The van der Waals surface area contributed by atoms with E-state index in [-0.39, 0.29) is 16.9 Å². The fraction of sp³-hybridized carbons (Fsp3) is 0.400. The predicted octanol–water partition coefficient (Wildman–Crippen LogP) is 5.24. The number of hydrogen-bond acceptors (Lipinski definition) is 8. The molecule has 0 aliphatic carbocycles. The summed E-state index contributed by atoms with van der Waals surface area (Å²) in [5.41, 5.74) is 2.13. The first-order chi connectivity index (χ1) is 16.8. The first kappa shape index (κ1) is 26.4. The molecule has 36 heavy (non-hydrogen) atoms. The maximum Gasteiger partial charge on any atom is 0.269 e. The zero-order valence-corrected chi connectivity index (χ0v) is 23.6. The van der Waals surface area contributed by atoms with Crippen LogP contribution in [0.2, 0.25) is 0 Å². The molecule has 1 aliphatic rings. The number of ether oxygens (including phenoxy) is 1. The smallest absolute Gasteiger partial charge is 0.269 e. The molecule has 3 aromatic rings. The van der Waals surface area contributed by atoms with E-state index in [2.05, 4.69) is 36.3 Å². The van der Waals surface area contributed by atoms with Crippen LogP contribution in [-0.4, -0.2) is 42.4 Å². The summed E-state index contributed by atoms with van der Waals surface area (Å²) >= 11 is 2.82. The van der Waals surface area contributed by atoms with Gasteiger partial charge in [0, 0.05) is 5.25 Å². The summed E-state index contributed by atoms with van der Waals surface area (Å²) in [6.07, 6.45) is -1.07. The summed E-state index contributed by atoms with van der Waals surface area (Å²) in [5, 5.41) is 11.5. The Morgan fingerprint density at radius 1 is 1.17 bits per heavy atom. The Hall–Kier alpha value is -2.63. The average molecular weight is 547 g/mol. The topological polar surface area (TPSA) is 101 Å². The molecule has 1 N–H and O–H groups in total. The lowest BCUT2D eigenvalue weighted by molar-refractivity contribution is -0.122. The number of rotatable bonds is 6. The van der Waals surface area contributed by atoms with Gasteiger partial charge in [0.15, 0.2) is 10.4 Å². The lowest BCUT2D eigenvalue weighted by atomic mass is 9.86. The van der Waals surface area contributed by atoms with Gasteiger partial charge in [-0.15, -0.1) is 10.2 Å². The van der Waals surface area contributed by atoms with Gasteiger partial charge in [-0.05, 0) is 42.2 Å². The molecule has 0 bridgehead atoms. The van der Waals surface area contributed by atoms with Gasteiger partial charge >= 0.3 is 0 Å². The Kier molecular flexibility index (Phi) is 7.36. The van der Waals surface area contributed by atoms with Gasteiger partial charge in [-0.25, -0.2) is 8.42 Å². The van der Waals surface area contributed by atoms with E-state index in [1.54, 1.807) is 42.1 Å². The molecule has 0 fully saturated rings. The van der Waals surface area contributed by atoms with Gasteiger partial charge in [0.25, 0.3) is 15.9 Å². The van der Waals surface area contributed by atoms with E-state index in [1.165, 1.54) is 15.6 Å². The lowest BCUT2D eigenvalue weighted by Crippen LogP contribution is -2.49. The third-order valence-corrected chi connectivity index (χ3v) is 9.29. The molecule has 1 atom stereocenters. The van der Waals surface area contributed by atoms with Gasteiger partial charge in [-0.1, -0.05) is 81.5 Å². The van der Waals surface area contributed by atoms with Crippen LogP contribution in [0.3, 0.4) is 0 Å². The van der Waals surface area contributed by atoms with Crippen LogP contribution in [0, 0.1) is 6.92 Å². The second-order valence-electron chi connectivity index (χ2n) is 9.92.